The number of phenols is 1. The normalized spacial score (nSPS) is 17.2. The van der Waals surface area contributed by atoms with E-state index in [1.54, 1.807) is 35.9 Å². The largest absolute Gasteiger partial charge is 0.508 e. The lowest BCUT2D eigenvalue weighted by Gasteiger charge is -2.30. The molecule has 3 aromatic carbocycles. The first kappa shape index (κ1) is 20.9. The molecule has 33 heavy (non-hydrogen) atoms. The monoisotopic (exact) mass is 457 g/mol. The van der Waals surface area contributed by atoms with E-state index in [1.807, 2.05) is 54.6 Å². The van der Waals surface area contributed by atoms with Gasteiger partial charge in [-0.2, -0.15) is 4.98 Å². The minimum absolute atomic E-state index is 0.0999. The Morgan fingerprint density at radius 1 is 1.03 bits per heavy atom. The van der Waals surface area contributed by atoms with E-state index in [0.717, 1.165) is 0 Å². The van der Waals surface area contributed by atoms with E-state index in [2.05, 4.69) is 15.3 Å². The lowest BCUT2D eigenvalue weighted by atomic mass is 9.87. The molecule has 1 amide bonds. The van der Waals surface area contributed by atoms with Crippen molar-refractivity contribution in [3.8, 4) is 17.1 Å². The van der Waals surface area contributed by atoms with Crippen LogP contribution in [0.5, 0.6) is 5.75 Å². The van der Waals surface area contributed by atoms with Gasteiger partial charge in [-0.3, -0.25) is 4.79 Å². The summed E-state index contributed by atoms with van der Waals surface area (Å²) in [7, 11) is 0. The molecule has 0 saturated heterocycles. The number of hydrogen-bond donors (Lipinski definition) is 2. The quantitative estimate of drug-likeness (QED) is 0.437. The molecule has 1 aromatic heterocycles. The topological polar surface area (TPSA) is 92.4 Å². The van der Waals surface area contributed by atoms with E-state index in [9.17, 15) is 9.90 Å². The second kappa shape index (κ2) is 8.52. The number of hydrogen-bond acceptors (Lipinski definition) is 5. The molecule has 0 radical (unpaired) electrons. The average Bonchev–Trinajstić information content (AvgIpc) is 3.22. The van der Waals surface area contributed by atoms with Crippen LogP contribution in [0.4, 0.5) is 11.6 Å². The van der Waals surface area contributed by atoms with Gasteiger partial charge in [0.15, 0.2) is 5.82 Å². The molecule has 5 rings (SSSR count). The van der Waals surface area contributed by atoms with Crippen molar-refractivity contribution in [2.45, 2.75) is 13.0 Å². The number of halogens is 1. The molecule has 1 aliphatic heterocycles. The van der Waals surface area contributed by atoms with Crippen LogP contribution in [0.25, 0.3) is 11.4 Å². The minimum Gasteiger partial charge on any atom is -0.508 e. The number of benzene rings is 3. The van der Waals surface area contributed by atoms with Crippen molar-refractivity contribution in [1.82, 2.24) is 14.8 Å². The second-order valence-electron chi connectivity index (χ2n) is 7.79. The Balaban J connectivity index is 1.62. The zero-order valence-electron chi connectivity index (χ0n) is 17.7. The summed E-state index contributed by atoms with van der Waals surface area (Å²) in [5, 5.41) is 18.3. The number of nitrogens with one attached hydrogen (secondary N) is 1. The summed E-state index contributed by atoms with van der Waals surface area (Å²) in [5.74, 6) is 0.000331. The molecule has 7 nitrogen and oxygen atoms in total. The minimum atomic E-state index is -0.666. The standard InChI is InChI=1S/C25H20ClN5O2/c1-15-21(24(33)28-17-9-3-2-4-10-17)22(16-8-7-11-18(32)14-16)31-25(27-15)29-23(30-31)19-12-5-6-13-20(19)26/h2-14,21-22,32H,1H3,(H,28,33). The third kappa shape index (κ3) is 3.99. The number of carbonyl (C=O) groups excluding carboxylic acids is 1. The van der Waals surface area contributed by atoms with Crippen LogP contribution in [0.1, 0.15) is 18.5 Å². The summed E-state index contributed by atoms with van der Waals surface area (Å²) >= 11 is 6.37. The number of aromatic nitrogens is 3. The summed E-state index contributed by atoms with van der Waals surface area (Å²) in [5.41, 5.74) is 2.68. The van der Waals surface area contributed by atoms with Gasteiger partial charge in [0, 0.05) is 17.0 Å². The molecule has 164 valence electrons. The van der Waals surface area contributed by atoms with E-state index < -0.39 is 12.0 Å². The third-order valence-corrected chi connectivity index (χ3v) is 5.90. The van der Waals surface area contributed by atoms with Crippen molar-refractivity contribution >= 4 is 34.9 Å². The smallest absolute Gasteiger partial charge is 0.248 e. The summed E-state index contributed by atoms with van der Waals surface area (Å²) < 4.78 is 1.63. The fourth-order valence-electron chi connectivity index (χ4n) is 4.05. The van der Waals surface area contributed by atoms with Crippen LogP contribution in [-0.4, -0.2) is 31.5 Å². The van der Waals surface area contributed by atoms with Crippen LogP contribution < -0.4 is 5.32 Å². The van der Waals surface area contributed by atoms with Crippen molar-refractivity contribution in [3.05, 3.63) is 89.4 Å². The highest BCUT2D eigenvalue weighted by Crippen LogP contribution is 2.38. The highest BCUT2D eigenvalue weighted by Gasteiger charge is 2.39. The number of anilines is 1. The van der Waals surface area contributed by atoms with Crippen LogP contribution in [0.3, 0.4) is 0 Å². The fraction of sp³-hybridized carbons (Fsp3) is 0.120. The Bertz CT molecular complexity index is 1370. The van der Waals surface area contributed by atoms with Crippen LogP contribution in [-0.2, 0) is 4.79 Å². The molecule has 8 heteroatoms. The van der Waals surface area contributed by atoms with E-state index >= 15 is 0 Å². The van der Waals surface area contributed by atoms with Crippen molar-refractivity contribution in [2.75, 3.05) is 5.32 Å². The van der Waals surface area contributed by atoms with E-state index in [0.29, 0.717) is 39.3 Å². The Hall–Kier alpha value is -3.97. The molecule has 0 aliphatic carbocycles. The lowest BCUT2D eigenvalue weighted by molar-refractivity contribution is -0.118. The maximum atomic E-state index is 13.5. The number of carbonyl (C=O) groups is 1. The molecule has 1 aliphatic rings. The number of nitrogens with zero attached hydrogens (tertiary/aromatic N) is 4. The highest BCUT2D eigenvalue weighted by molar-refractivity contribution is 6.33. The van der Waals surface area contributed by atoms with Crippen LogP contribution in [0, 0.1) is 5.92 Å². The van der Waals surface area contributed by atoms with Crippen molar-refractivity contribution in [3.63, 3.8) is 0 Å². The Morgan fingerprint density at radius 3 is 2.55 bits per heavy atom. The first-order valence-corrected chi connectivity index (χ1v) is 10.8. The molecule has 2 unspecified atom stereocenters. The first-order chi connectivity index (χ1) is 16.0. The average molecular weight is 458 g/mol. The molecule has 0 saturated carbocycles. The molecule has 0 spiro atoms. The second-order valence-corrected chi connectivity index (χ2v) is 8.19. The van der Waals surface area contributed by atoms with Gasteiger partial charge in [0.1, 0.15) is 11.7 Å². The number of fused-ring (bicyclic) bond motifs is 1. The van der Waals surface area contributed by atoms with Crippen LogP contribution >= 0.6 is 11.6 Å². The van der Waals surface area contributed by atoms with E-state index in [-0.39, 0.29) is 11.7 Å². The van der Waals surface area contributed by atoms with Gasteiger partial charge in [-0.15, -0.1) is 5.10 Å². The maximum absolute atomic E-state index is 13.5. The number of rotatable bonds is 4. The number of amides is 1. The van der Waals surface area contributed by atoms with Gasteiger partial charge >= 0.3 is 0 Å². The molecule has 4 aromatic rings. The lowest BCUT2D eigenvalue weighted by Crippen LogP contribution is -2.39. The van der Waals surface area contributed by atoms with E-state index in [1.165, 1.54) is 0 Å². The van der Waals surface area contributed by atoms with Crippen LogP contribution in [0.15, 0.2) is 83.9 Å². The van der Waals surface area contributed by atoms with Crippen molar-refractivity contribution in [1.29, 1.82) is 0 Å². The molecular formula is C25H20ClN5O2. The van der Waals surface area contributed by atoms with Gasteiger partial charge in [0.25, 0.3) is 0 Å². The molecular weight excluding hydrogens is 438 g/mol. The number of aliphatic imine (C=N–C) groups is 1. The zero-order chi connectivity index (χ0) is 22.9. The number of aromatic hydroxyl groups is 1. The summed E-state index contributed by atoms with van der Waals surface area (Å²) in [6.45, 7) is 1.80. The van der Waals surface area contributed by atoms with Crippen molar-refractivity contribution in [2.24, 2.45) is 10.9 Å². The van der Waals surface area contributed by atoms with Gasteiger partial charge in [-0.05, 0) is 48.9 Å². The highest BCUT2D eigenvalue weighted by atomic mass is 35.5. The molecule has 2 atom stereocenters. The Morgan fingerprint density at radius 2 is 1.79 bits per heavy atom. The molecule has 0 bridgehead atoms. The Labute approximate surface area is 195 Å². The molecule has 2 heterocycles. The maximum Gasteiger partial charge on any atom is 0.248 e. The summed E-state index contributed by atoms with van der Waals surface area (Å²) in [6, 6.07) is 22.8. The third-order valence-electron chi connectivity index (χ3n) is 5.57. The number of para-hydroxylation sites is 1. The fourth-order valence-corrected chi connectivity index (χ4v) is 4.27. The first-order valence-electron chi connectivity index (χ1n) is 10.4. The Kier molecular flexibility index (Phi) is 5.40. The van der Waals surface area contributed by atoms with Crippen molar-refractivity contribution < 1.29 is 9.90 Å². The van der Waals surface area contributed by atoms with Gasteiger partial charge in [-0.25, -0.2) is 9.67 Å². The summed E-state index contributed by atoms with van der Waals surface area (Å²) in [4.78, 5) is 22.6. The van der Waals surface area contributed by atoms with Gasteiger partial charge in [-0.1, -0.05) is 54.1 Å². The molecule has 0 fully saturated rings. The van der Waals surface area contributed by atoms with Gasteiger partial charge in [0.05, 0.1) is 11.1 Å². The number of phenolic OH excluding ortho intramolecular Hbond substituents is 1. The zero-order valence-corrected chi connectivity index (χ0v) is 18.4. The summed E-state index contributed by atoms with van der Waals surface area (Å²) in [6.07, 6.45) is 0. The predicted molar refractivity (Wildman–Crippen MR) is 128 cm³/mol. The molecule has 2 N–H and O–H groups in total. The SMILES string of the molecule is CC1=Nc2nc(-c3ccccc3Cl)nn2C(c2cccc(O)c2)C1C(=O)Nc1ccccc1. The van der Waals surface area contributed by atoms with E-state index in [4.69, 9.17) is 16.7 Å². The van der Waals surface area contributed by atoms with Gasteiger partial charge < -0.3 is 10.4 Å². The predicted octanol–water partition coefficient (Wildman–Crippen LogP) is 5.25. The van der Waals surface area contributed by atoms with Gasteiger partial charge in [0.2, 0.25) is 11.9 Å². The van der Waals surface area contributed by atoms with Crippen LogP contribution in [0.2, 0.25) is 5.02 Å².